The van der Waals surface area contributed by atoms with E-state index in [1.807, 2.05) is 25.1 Å². The molecule has 0 aliphatic heterocycles. The molecule has 0 unspecified atom stereocenters. The summed E-state index contributed by atoms with van der Waals surface area (Å²) in [7, 11) is 0. The molecule has 0 radical (unpaired) electrons. The van der Waals surface area contributed by atoms with Crippen LogP contribution in [0.5, 0.6) is 0 Å². The fourth-order valence-corrected chi connectivity index (χ4v) is 2.58. The summed E-state index contributed by atoms with van der Waals surface area (Å²) in [5.41, 5.74) is 2.36. The number of hydrogen-bond acceptors (Lipinski definition) is 3. The van der Waals surface area contributed by atoms with Gasteiger partial charge < -0.3 is 10.4 Å². The molecule has 110 valence electrons. The van der Waals surface area contributed by atoms with Crippen LogP contribution in [0.1, 0.15) is 25.0 Å². The molecule has 1 atom stereocenters. The van der Waals surface area contributed by atoms with E-state index in [9.17, 15) is 9.59 Å². The molecule has 5 heteroatoms. The van der Waals surface area contributed by atoms with Crippen LogP contribution < -0.4 is 5.32 Å². The smallest absolute Gasteiger partial charge is 0.326 e. The number of amides is 1. The molecule has 0 aromatic heterocycles. The Bertz CT molecular complexity index is 474. The van der Waals surface area contributed by atoms with Crippen LogP contribution in [-0.2, 0) is 15.3 Å². The van der Waals surface area contributed by atoms with E-state index >= 15 is 0 Å². The first-order valence-electron chi connectivity index (χ1n) is 6.55. The minimum absolute atomic E-state index is 0.127. The van der Waals surface area contributed by atoms with Gasteiger partial charge in [-0.1, -0.05) is 43.7 Å². The number of carboxylic acids is 1. The van der Waals surface area contributed by atoms with Crippen molar-refractivity contribution in [1.82, 2.24) is 5.32 Å². The van der Waals surface area contributed by atoms with Gasteiger partial charge in [0.05, 0.1) is 5.75 Å². The first-order valence-corrected chi connectivity index (χ1v) is 7.71. The van der Waals surface area contributed by atoms with E-state index in [-0.39, 0.29) is 17.6 Å². The number of aryl methyl sites for hydroxylation is 1. The Morgan fingerprint density at radius 1 is 1.35 bits per heavy atom. The SMILES string of the molecule is Cc1cccc(CSCC(=O)N[C@H](C(=O)O)C(C)C)c1. The third-order valence-electron chi connectivity index (χ3n) is 2.83. The Labute approximate surface area is 124 Å². The molecule has 1 aromatic carbocycles. The molecule has 0 saturated carbocycles. The summed E-state index contributed by atoms with van der Waals surface area (Å²) >= 11 is 1.48. The highest BCUT2D eigenvalue weighted by atomic mass is 32.2. The molecule has 0 heterocycles. The minimum atomic E-state index is -0.989. The minimum Gasteiger partial charge on any atom is -0.480 e. The molecular formula is C15H21NO3S. The van der Waals surface area contributed by atoms with Crippen LogP contribution in [0.15, 0.2) is 24.3 Å². The molecule has 4 nitrogen and oxygen atoms in total. The first-order chi connectivity index (χ1) is 9.40. The summed E-state index contributed by atoms with van der Waals surface area (Å²) in [6, 6.07) is 7.30. The van der Waals surface area contributed by atoms with Gasteiger partial charge in [0.2, 0.25) is 5.91 Å². The number of benzene rings is 1. The summed E-state index contributed by atoms with van der Waals surface area (Å²) < 4.78 is 0. The van der Waals surface area contributed by atoms with Crippen LogP contribution in [0.3, 0.4) is 0 Å². The van der Waals surface area contributed by atoms with Crippen LogP contribution in [-0.4, -0.2) is 28.8 Å². The Balaban J connectivity index is 2.38. The fraction of sp³-hybridized carbons (Fsp3) is 0.467. The average Bonchev–Trinajstić information content (AvgIpc) is 2.35. The van der Waals surface area contributed by atoms with Gasteiger partial charge in [-0.3, -0.25) is 4.79 Å². The van der Waals surface area contributed by atoms with Gasteiger partial charge in [0.25, 0.3) is 0 Å². The molecule has 0 aliphatic rings. The lowest BCUT2D eigenvalue weighted by molar-refractivity contribution is -0.142. The monoisotopic (exact) mass is 295 g/mol. The second-order valence-corrected chi connectivity index (χ2v) is 6.09. The Hall–Kier alpha value is -1.49. The topological polar surface area (TPSA) is 66.4 Å². The van der Waals surface area contributed by atoms with Crippen molar-refractivity contribution in [3.63, 3.8) is 0 Å². The van der Waals surface area contributed by atoms with Crippen molar-refractivity contribution < 1.29 is 14.7 Å². The van der Waals surface area contributed by atoms with Gasteiger partial charge >= 0.3 is 5.97 Å². The Kier molecular flexibility index (Phi) is 6.58. The molecule has 0 spiro atoms. The lowest BCUT2D eigenvalue weighted by Gasteiger charge is -2.17. The molecule has 1 amide bonds. The summed E-state index contributed by atoms with van der Waals surface area (Å²) in [6.07, 6.45) is 0. The number of carboxylic acid groups (broad SMARTS) is 1. The van der Waals surface area contributed by atoms with Crippen molar-refractivity contribution in [2.45, 2.75) is 32.6 Å². The fourth-order valence-electron chi connectivity index (χ4n) is 1.79. The summed E-state index contributed by atoms with van der Waals surface area (Å²) in [5.74, 6) is -0.335. The average molecular weight is 295 g/mol. The van der Waals surface area contributed by atoms with Crippen LogP contribution in [0.4, 0.5) is 0 Å². The van der Waals surface area contributed by atoms with Crippen LogP contribution in [0, 0.1) is 12.8 Å². The quantitative estimate of drug-likeness (QED) is 0.811. The van der Waals surface area contributed by atoms with Gasteiger partial charge in [-0.05, 0) is 18.4 Å². The van der Waals surface area contributed by atoms with Crippen molar-refractivity contribution in [3.8, 4) is 0 Å². The highest BCUT2D eigenvalue weighted by molar-refractivity contribution is 7.99. The van der Waals surface area contributed by atoms with Gasteiger partial charge in [0.15, 0.2) is 0 Å². The lowest BCUT2D eigenvalue weighted by Crippen LogP contribution is -2.45. The van der Waals surface area contributed by atoms with Crippen LogP contribution >= 0.6 is 11.8 Å². The number of hydrogen-bond donors (Lipinski definition) is 2. The van der Waals surface area contributed by atoms with E-state index in [2.05, 4.69) is 11.4 Å². The number of nitrogens with one attached hydrogen (secondary N) is 1. The van der Waals surface area contributed by atoms with E-state index in [1.165, 1.54) is 22.9 Å². The third kappa shape index (κ3) is 5.65. The number of aliphatic carboxylic acids is 1. The Morgan fingerprint density at radius 2 is 2.05 bits per heavy atom. The number of rotatable bonds is 7. The van der Waals surface area contributed by atoms with Crippen molar-refractivity contribution in [1.29, 1.82) is 0 Å². The second-order valence-electron chi connectivity index (χ2n) is 5.11. The van der Waals surface area contributed by atoms with Crippen LogP contribution in [0.2, 0.25) is 0 Å². The van der Waals surface area contributed by atoms with E-state index in [0.29, 0.717) is 0 Å². The maximum absolute atomic E-state index is 11.7. The Morgan fingerprint density at radius 3 is 2.60 bits per heavy atom. The number of thioether (sulfide) groups is 1. The molecule has 1 rings (SSSR count). The standard InChI is InChI=1S/C15H21NO3S/c1-10(2)14(15(18)19)16-13(17)9-20-8-12-6-4-5-11(3)7-12/h4-7,10,14H,8-9H2,1-3H3,(H,16,17)(H,18,19)/t14-/m0/s1. The van der Waals surface area contributed by atoms with E-state index in [1.54, 1.807) is 13.8 Å². The normalized spacial score (nSPS) is 12.2. The molecule has 2 N–H and O–H groups in total. The zero-order chi connectivity index (χ0) is 15.1. The maximum Gasteiger partial charge on any atom is 0.326 e. The largest absolute Gasteiger partial charge is 0.480 e. The van der Waals surface area contributed by atoms with Crippen molar-refractivity contribution in [2.24, 2.45) is 5.92 Å². The molecule has 0 aliphatic carbocycles. The molecule has 0 bridgehead atoms. The van der Waals surface area contributed by atoms with Gasteiger partial charge in [-0.2, -0.15) is 0 Å². The molecule has 1 aromatic rings. The van der Waals surface area contributed by atoms with E-state index < -0.39 is 12.0 Å². The lowest BCUT2D eigenvalue weighted by atomic mass is 10.1. The highest BCUT2D eigenvalue weighted by Gasteiger charge is 2.22. The zero-order valence-corrected chi connectivity index (χ0v) is 12.9. The summed E-state index contributed by atoms with van der Waals surface area (Å²) in [6.45, 7) is 5.58. The number of carbonyl (C=O) groups excluding carboxylic acids is 1. The summed E-state index contributed by atoms with van der Waals surface area (Å²) in [4.78, 5) is 22.7. The van der Waals surface area contributed by atoms with Gasteiger partial charge in [-0.15, -0.1) is 11.8 Å². The van der Waals surface area contributed by atoms with Crippen molar-refractivity contribution in [3.05, 3.63) is 35.4 Å². The van der Waals surface area contributed by atoms with Gasteiger partial charge in [0.1, 0.15) is 6.04 Å². The highest BCUT2D eigenvalue weighted by Crippen LogP contribution is 2.13. The zero-order valence-electron chi connectivity index (χ0n) is 12.1. The number of carbonyl (C=O) groups is 2. The van der Waals surface area contributed by atoms with E-state index in [0.717, 1.165) is 5.75 Å². The second kappa shape index (κ2) is 7.94. The third-order valence-corrected chi connectivity index (χ3v) is 3.84. The van der Waals surface area contributed by atoms with Gasteiger partial charge in [0, 0.05) is 5.75 Å². The van der Waals surface area contributed by atoms with Crippen LogP contribution in [0.25, 0.3) is 0 Å². The summed E-state index contributed by atoms with van der Waals surface area (Å²) in [5, 5.41) is 11.6. The molecular weight excluding hydrogens is 274 g/mol. The maximum atomic E-state index is 11.7. The predicted octanol–water partition coefficient (Wildman–Crippen LogP) is 2.45. The molecule has 20 heavy (non-hydrogen) atoms. The van der Waals surface area contributed by atoms with E-state index in [4.69, 9.17) is 5.11 Å². The van der Waals surface area contributed by atoms with Crippen molar-refractivity contribution in [2.75, 3.05) is 5.75 Å². The molecule has 0 saturated heterocycles. The molecule has 0 fully saturated rings. The predicted molar refractivity (Wildman–Crippen MR) is 81.7 cm³/mol. The first kappa shape index (κ1) is 16.6. The van der Waals surface area contributed by atoms with Gasteiger partial charge in [-0.25, -0.2) is 4.79 Å². The van der Waals surface area contributed by atoms with Crippen molar-refractivity contribution >= 4 is 23.6 Å².